The summed E-state index contributed by atoms with van der Waals surface area (Å²) < 4.78 is 78.0. The van der Waals surface area contributed by atoms with Crippen molar-refractivity contribution in [3.8, 4) is 0 Å². The van der Waals surface area contributed by atoms with E-state index in [4.69, 9.17) is 4.74 Å². The quantitative estimate of drug-likeness (QED) is 0.422. The molecule has 2 aliphatic carbocycles. The molecule has 7 aliphatic rings. The van der Waals surface area contributed by atoms with E-state index < -0.39 is 77.2 Å². The lowest BCUT2D eigenvalue weighted by Crippen LogP contribution is -2.65. The summed E-state index contributed by atoms with van der Waals surface area (Å²) in [7, 11) is 0. The molecule has 5 atom stereocenters. The van der Waals surface area contributed by atoms with Crippen LogP contribution in [0.15, 0.2) is 36.7 Å². The van der Waals surface area contributed by atoms with Gasteiger partial charge in [0.1, 0.15) is 11.9 Å². The highest BCUT2D eigenvalue weighted by Crippen LogP contribution is 2.63. The van der Waals surface area contributed by atoms with Crippen molar-refractivity contribution in [1.29, 1.82) is 0 Å². The van der Waals surface area contributed by atoms with Crippen molar-refractivity contribution in [3.63, 3.8) is 0 Å². The van der Waals surface area contributed by atoms with Crippen molar-refractivity contribution in [1.82, 2.24) is 29.8 Å². The number of halogens is 5. The molecule has 1 aromatic heterocycles. The second kappa shape index (κ2) is 13.5. The zero-order valence-corrected chi connectivity index (χ0v) is 31.0. The maximum atomic E-state index is 14.6. The van der Waals surface area contributed by atoms with Crippen molar-refractivity contribution in [2.45, 2.75) is 82.9 Å². The average Bonchev–Trinajstić information content (AvgIpc) is 3.44. The molecule has 7 fully saturated rings. The predicted octanol–water partition coefficient (Wildman–Crippen LogP) is 4.21. The number of likely N-dealkylation sites (tertiary alicyclic amines) is 2. The van der Waals surface area contributed by atoms with Gasteiger partial charge in [-0.05, 0) is 41.9 Å². The minimum absolute atomic E-state index is 0.00679. The molecule has 6 heterocycles. The first-order chi connectivity index (χ1) is 26.0. The number of aromatic nitrogens is 2. The normalized spacial score (nSPS) is 30.7. The molecule has 1 spiro atoms. The van der Waals surface area contributed by atoms with Gasteiger partial charge in [0.2, 0.25) is 23.6 Å². The van der Waals surface area contributed by atoms with Crippen LogP contribution in [-0.2, 0) is 25.7 Å². The number of carbonyl (C=O) groups is 4. The summed E-state index contributed by atoms with van der Waals surface area (Å²) in [6.45, 7) is 4.36. The number of hydrogen-bond acceptors (Lipinski definition) is 6. The number of ether oxygens (including phenoxy) is 1. The van der Waals surface area contributed by atoms with Crippen molar-refractivity contribution in [2.75, 3.05) is 45.9 Å². The van der Waals surface area contributed by atoms with Crippen LogP contribution in [0.25, 0.3) is 0 Å². The molecule has 5 aliphatic heterocycles. The van der Waals surface area contributed by atoms with Crippen LogP contribution >= 0.6 is 0 Å². The molecule has 1 unspecified atom stereocenters. The Bertz CT molecular complexity index is 1830. The number of nitrogens with one attached hydrogen (secondary N) is 1. The second-order valence-electron chi connectivity index (χ2n) is 17.4. The SMILES string of the molecule is CC1(C)C2[C@@H](OCC3CCC(F)(F)CC3)[C@@H](C(=O)N3CCC(F)(F)CC3)NC(=O)[C@@H]3CN(C(=O)c4cnn(Cc5ccc(F)cc5)c4)CC34CN(C4)C(=O)[C@@H]21. The van der Waals surface area contributed by atoms with Gasteiger partial charge >= 0.3 is 0 Å². The highest BCUT2D eigenvalue weighted by atomic mass is 19.3. The number of rotatable bonds is 7. The summed E-state index contributed by atoms with van der Waals surface area (Å²) in [5.74, 6) is -9.74. The Balaban J connectivity index is 1.06. The second-order valence-corrected chi connectivity index (χ2v) is 17.4. The number of piperidine rings is 1. The van der Waals surface area contributed by atoms with Crippen molar-refractivity contribution in [3.05, 3.63) is 53.6 Å². The highest BCUT2D eigenvalue weighted by Gasteiger charge is 2.70. The molecule has 1 aromatic carbocycles. The van der Waals surface area contributed by atoms with Crippen LogP contribution in [0.2, 0.25) is 0 Å². The Kier molecular flexibility index (Phi) is 9.31. The predicted molar refractivity (Wildman–Crippen MR) is 186 cm³/mol. The molecule has 2 bridgehead atoms. The molecule has 55 heavy (non-hydrogen) atoms. The summed E-state index contributed by atoms with van der Waals surface area (Å²) in [6.07, 6.45) is 0.794. The van der Waals surface area contributed by atoms with Gasteiger partial charge in [-0.15, -0.1) is 0 Å². The van der Waals surface area contributed by atoms with Crippen LogP contribution in [0.3, 0.4) is 0 Å². The number of fused-ring (bicyclic) bond motifs is 3. The van der Waals surface area contributed by atoms with E-state index in [0.29, 0.717) is 6.54 Å². The molecular formula is C39H47F5N6O5. The molecule has 2 saturated carbocycles. The largest absolute Gasteiger partial charge is 0.375 e. The Morgan fingerprint density at radius 1 is 0.927 bits per heavy atom. The third-order valence-electron chi connectivity index (χ3n) is 13.3. The minimum Gasteiger partial charge on any atom is -0.375 e. The maximum Gasteiger partial charge on any atom is 0.257 e. The molecule has 5 saturated heterocycles. The first-order valence-corrected chi connectivity index (χ1v) is 19.3. The summed E-state index contributed by atoms with van der Waals surface area (Å²) in [4.78, 5) is 61.7. The number of amides is 4. The van der Waals surface area contributed by atoms with Gasteiger partial charge in [0, 0.05) is 95.0 Å². The van der Waals surface area contributed by atoms with E-state index in [-0.39, 0.29) is 101 Å². The van der Waals surface area contributed by atoms with Crippen molar-refractivity contribution >= 4 is 23.6 Å². The minimum atomic E-state index is -2.93. The van der Waals surface area contributed by atoms with Gasteiger partial charge in [0.05, 0.1) is 30.3 Å². The Morgan fingerprint density at radius 2 is 1.58 bits per heavy atom. The van der Waals surface area contributed by atoms with Gasteiger partial charge in [0.15, 0.2) is 0 Å². The molecule has 298 valence electrons. The van der Waals surface area contributed by atoms with E-state index in [2.05, 4.69) is 10.4 Å². The maximum absolute atomic E-state index is 14.6. The number of benzene rings is 1. The lowest BCUT2D eigenvalue weighted by atomic mass is 9.71. The van der Waals surface area contributed by atoms with Crippen LogP contribution in [0, 0.1) is 40.3 Å². The van der Waals surface area contributed by atoms with Crippen LogP contribution in [0.4, 0.5) is 22.0 Å². The third kappa shape index (κ3) is 7.12. The lowest BCUT2D eigenvalue weighted by Gasteiger charge is -2.50. The van der Waals surface area contributed by atoms with E-state index in [9.17, 15) is 41.1 Å². The van der Waals surface area contributed by atoms with Crippen LogP contribution in [0.1, 0.15) is 68.3 Å². The van der Waals surface area contributed by atoms with Gasteiger partial charge in [-0.3, -0.25) is 23.9 Å². The topological polar surface area (TPSA) is 117 Å². The summed E-state index contributed by atoms with van der Waals surface area (Å²) in [5, 5.41) is 7.29. The highest BCUT2D eigenvalue weighted by molar-refractivity contribution is 5.96. The van der Waals surface area contributed by atoms with E-state index in [1.165, 1.54) is 23.2 Å². The zero-order valence-electron chi connectivity index (χ0n) is 31.0. The van der Waals surface area contributed by atoms with E-state index in [0.717, 1.165) is 5.56 Å². The first-order valence-electron chi connectivity index (χ1n) is 19.3. The summed E-state index contributed by atoms with van der Waals surface area (Å²) in [6, 6.07) is 4.60. The smallest absolute Gasteiger partial charge is 0.257 e. The molecule has 11 nitrogen and oxygen atoms in total. The third-order valence-corrected chi connectivity index (χ3v) is 13.3. The van der Waals surface area contributed by atoms with Gasteiger partial charge in [-0.2, -0.15) is 5.10 Å². The number of carbonyl (C=O) groups excluding carboxylic acids is 4. The van der Waals surface area contributed by atoms with Crippen molar-refractivity contribution in [2.24, 2.45) is 34.5 Å². The van der Waals surface area contributed by atoms with Crippen LogP contribution in [0.5, 0.6) is 0 Å². The molecule has 0 radical (unpaired) electrons. The van der Waals surface area contributed by atoms with Crippen molar-refractivity contribution < 1.29 is 45.9 Å². The van der Waals surface area contributed by atoms with E-state index >= 15 is 0 Å². The zero-order chi connectivity index (χ0) is 39.1. The molecular weight excluding hydrogens is 727 g/mol. The van der Waals surface area contributed by atoms with Gasteiger partial charge < -0.3 is 24.8 Å². The lowest BCUT2D eigenvalue weighted by molar-refractivity contribution is -0.152. The number of hydrogen-bond donors (Lipinski definition) is 1. The fourth-order valence-corrected chi connectivity index (χ4v) is 9.86. The van der Waals surface area contributed by atoms with Crippen LogP contribution in [-0.4, -0.2) is 118 Å². The summed E-state index contributed by atoms with van der Waals surface area (Å²) >= 11 is 0. The molecule has 4 amide bonds. The first kappa shape index (κ1) is 37.8. The van der Waals surface area contributed by atoms with Gasteiger partial charge in [-0.1, -0.05) is 26.0 Å². The van der Waals surface area contributed by atoms with E-state index in [1.54, 1.807) is 32.8 Å². The van der Waals surface area contributed by atoms with E-state index in [1.807, 2.05) is 13.8 Å². The van der Waals surface area contributed by atoms with Crippen LogP contribution < -0.4 is 5.32 Å². The van der Waals surface area contributed by atoms with Gasteiger partial charge in [0.25, 0.3) is 11.8 Å². The monoisotopic (exact) mass is 774 g/mol. The Hall–Kier alpha value is -4.08. The summed E-state index contributed by atoms with van der Waals surface area (Å²) in [5.41, 5.74) is -0.361. The number of nitrogens with zero attached hydrogens (tertiary/aromatic N) is 5. The van der Waals surface area contributed by atoms with Gasteiger partial charge in [-0.25, -0.2) is 22.0 Å². The standard InChI is InChI=1S/C39H47F5N6O5/c1-36(2)28-29(36)34(53)49-21-37(22-49)20-48(33(52)25-15-45-50(17-25)16-23-3-5-26(40)6-4-23)18-27(37)32(51)46-30(35(54)47-13-11-39(43,44)12-14-47)31(28)55-19-24-7-9-38(41,42)10-8-24/h3-6,15,17,24,27-31H,7-14,16,18-22H2,1-2H3,(H,46,51)/t27-,28?,29+,30-,31+/m0/s1. The Labute approximate surface area is 315 Å². The number of alkyl halides is 4. The fourth-order valence-electron chi connectivity index (χ4n) is 9.86. The molecule has 1 N–H and O–H groups in total. The molecule has 9 rings (SSSR count). The fraction of sp³-hybridized carbons (Fsp3) is 0.667. The average molecular weight is 775 g/mol. The molecule has 2 aromatic rings. The molecule has 16 heteroatoms. The Morgan fingerprint density at radius 3 is 2.25 bits per heavy atom.